The van der Waals surface area contributed by atoms with Crippen molar-refractivity contribution >= 4 is 11.7 Å². The van der Waals surface area contributed by atoms with E-state index in [1.807, 2.05) is 31.2 Å². The van der Waals surface area contributed by atoms with Gasteiger partial charge in [-0.15, -0.1) is 0 Å². The van der Waals surface area contributed by atoms with Gasteiger partial charge in [0.25, 0.3) is 5.91 Å². The maximum Gasteiger partial charge on any atom is 0.258 e. The van der Waals surface area contributed by atoms with Gasteiger partial charge in [0.1, 0.15) is 5.75 Å². The Morgan fingerprint density at radius 2 is 1.82 bits per heavy atom. The molecule has 1 N–H and O–H groups in total. The first-order valence-corrected chi connectivity index (χ1v) is 7.10. The average molecular weight is 297 g/mol. The van der Waals surface area contributed by atoms with E-state index >= 15 is 0 Å². The molecule has 0 aliphatic carbocycles. The molecule has 0 fully saturated rings. The molecule has 0 aliphatic heterocycles. The van der Waals surface area contributed by atoms with Crippen LogP contribution in [0.4, 0.5) is 0 Å². The molecular weight excluding hydrogens is 278 g/mol. The molecule has 0 saturated carbocycles. The van der Waals surface area contributed by atoms with Crippen molar-refractivity contribution in [3.8, 4) is 5.75 Å². The lowest BCUT2D eigenvalue weighted by atomic mass is 10.1. The fourth-order valence-electron chi connectivity index (χ4n) is 2.01. The molecule has 0 aliphatic rings. The van der Waals surface area contributed by atoms with Crippen molar-refractivity contribution in [2.24, 2.45) is 0 Å². The SMILES string of the molecule is CC(=O)c1ccc(OCC(=O)NCc2cccc(C)c2)cc1. The van der Waals surface area contributed by atoms with Crippen LogP contribution in [0, 0.1) is 6.92 Å². The molecule has 0 bridgehead atoms. The normalized spacial score (nSPS) is 10.1. The summed E-state index contributed by atoms with van der Waals surface area (Å²) in [4.78, 5) is 22.9. The second kappa shape index (κ2) is 7.41. The van der Waals surface area contributed by atoms with E-state index < -0.39 is 0 Å². The average Bonchev–Trinajstić information content (AvgIpc) is 2.51. The van der Waals surface area contributed by atoms with Crippen LogP contribution in [0.2, 0.25) is 0 Å². The highest BCUT2D eigenvalue weighted by Crippen LogP contribution is 2.12. The minimum Gasteiger partial charge on any atom is -0.484 e. The molecule has 2 aromatic rings. The van der Waals surface area contributed by atoms with Crippen LogP contribution in [0.15, 0.2) is 48.5 Å². The number of ketones is 1. The highest BCUT2D eigenvalue weighted by Gasteiger charge is 2.04. The molecule has 0 aromatic heterocycles. The van der Waals surface area contributed by atoms with Crippen molar-refractivity contribution in [1.82, 2.24) is 5.32 Å². The number of ether oxygens (including phenoxy) is 1. The minimum absolute atomic E-state index is 0.00227. The van der Waals surface area contributed by atoms with E-state index in [9.17, 15) is 9.59 Å². The summed E-state index contributed by atoms with van der Waals surface area (Å²) in [6.07, 6.45) is 0. The van der Waals surface area contributed by atoms with Crippen LogP contribution in [0.5, 0.6) is 5.75 Å². The van der Waals surface area contributed by atoms with Crippen LogP contribution < -0.4 is 10.1 Å². The standard InChI is InChI=1S/C18H19NO3/c1-13-4-3-5-15(10-13)11-19-18(21)12-22-17-8-6-16(7-9-17)14(2)20/h3-10H,11-12H2,1-2H3,(H,19,21). The Morgan fingerprint density at radius 3 is 2.45 bits per heavy atom. The lowest BCUT2D eigenvalue weighted by Gasteiger charge is -2.08. The van der Waals surface area contributed by atoms with Gasteiger partial charge in [-0.1, -0.05) is 29.8 Å². The van der Waals surface area contributed by atoms with E-state index in [2.05, 4.69) is 5.32 Å². The Bertz CT molecular complexity index is 662. The van der Waals surface area contributed by atoms with Gasteiger partial charge < -0.3 is 10.1 Å². The molecule has 4 nitrogen and oxygen atoms in total. The van der Waals surface area contributed by atoms with Crippen molar-refractivity contribution in [3.63, 3.8) is 0 Å². The summed E-state index contributed by atoms with van der Waals surface area (Å²) in [6.45, 7) is 3.95. The summed E-state index contributed by atoms with van der Waals surface area (Å²) in [7, 11) is 0. The highest BCUT2D eigenvalue weighted by atomic mass is 16.5. The lowest BCUT2D eigenvalue weighted by molar-refractivity contribution is -0.123. The first-order valence-electron chi connectivity index (χ1n) is 7.10. The van der Waals surface area contributed by atoms with Gasteiger partial charge in [-0.05, 0) is 43.7 Å². The molecule has 0 unspecified atom stereocenters. The topological polar surface area (TPSA) is 55.4 Å². The van der Waals surface area contributed by atoms with Gasteiger partial charge in [0.05, 0.1) is 0 Å². The van der Waals surface area contributed by atoms with E-state index in [-0.39, 0.29) is 18.3 Å². The number of carbonyl (C=O) groups excluding carboxylic acids is 2. The van der Waals surface area contributed by atoms with E-state index in [0.29, 0.717) is 17.9 Å². The molecule has 0 atom stereocenters. The third kappa shape index (κ3) is 4.74. The fourth-order valence-corrected chi connectivity index (χ4v) is 2.01. The van der Waals surface area contributed by atoms with Crippen LogP contribution in [0.25, 0.3) is 0 Å². The first-order chi connectivity index (χ1) is 10.5. The maximum absolute atomic E-state index is 11.8. The quantitative estimate of drug-likeness (QED) is 0.834. The molecule has 4 heteroatoms. The van der Waals surface area contributed by atoms with Crippen LogP contribution >= 0.6 is 0 Å². The molecule has 2 aromatic carbocycles. The van der Waals surface area contributed by atoms with Gasteiger partial charge in [0.15, 0.2) is 12.4 Å². The largest absolute Gasteiger partial charge is 0.484 e. The number of aryl methyl sites for hydroxylation is 1. The number of Topliss-reactive ketones (excluding diaryl/α,β-unsaturated/α-hetero) is 1. The molecule has 1 amide bonds. The van der Waals surface area contributed by atoms with Crippen molar-refractivity contribution in [2.45, 2.75) is 20.4 Å². The number of hydrogen-bond donors (Lipinski definition) is 1. The lowest BCUT2D eigenvalue weighted by Crippen LogP contribution is -2.28. The van der Waals surface area contributed by atoms with Gasteiger partial charge in [0.2, 0.25) is 0 Å². The molecule has 0 radical (unpaired) electrons. The smallest absolute Gasteiger partial charge is 0.258 e. The predicted octanol–water partition coefficient (Wildman–Crippen LogP) is 2.89. The third-order valence-corrected chi connectivity index (χ3v) is 3.20. The zero-order chi connectivity index (χ0) is 15.9. The van der Waals surface area contributed by atoms with Crippen LogP contribution in [-0.4, -0.2) is 18.3 Å². The van der Waals surface area contributed by atoms with E-state index in [4.69, 9.17) is 4.74 Å². The molecule has 0 saturated heterocycles. The first kappa shape index (κ1) is 15.8. The number of benzene rings is 2. The van der Waals surface area contributed by atoms with E-state index in [0.717, 1.165) is 11.1 Å². The second-order valence-electron chi connectivity index (χ2n) is 5.14. The maximum atomic E-state index is 11.8. The monoisotopic (exact) mass is 297 g/mol. The summed E-state index contributed by atoms with van der Waals surface area (Å²) in [5.74, 6) is 0.385. The number of hydrogen-bond acceptors (Lipinski definition) is 3. The van der Waals surface area contributed by atoms with Gasteiger partial charge in [-0.2, -0.15) is 0 Å². The number of rotatable bonds is 6. The third-order valence-electron chi connectivity index (χ3n) is 3.20. The number of nitrogens with one attached hydrogen (secondary N) is 1. The summed E-state index contributed by atoms with van der Waals surface area (Å²) >= 11 is 0. The van der Waals surface area contributed by atoms with Gasteiger partial charge in [-0.25, -0.2) is 0 Å². The summed E-state index contributed by atoms with van der Waals surface area (Å²) < 4.78 is 5.39. The summed E-state index contributed by atoms with van der Waals surface area (Å²) in [5, 5.41) is 2.81. The number of amides is 1. The molecule has 0 spiro atoms. The Balaban J connectivity index is 1.79. The van der Waals surface area contributed by atoms with Gasteiger partial charge in [-0.3, -0.25) is 9.59 Å². The summed E-state index contributed by atoms with van der Waals surface area (Å²) in [5.41, 5.74) is 2.84. The van der Waals surface area contributed by atoms with Crippen molar-refractivity contribution in [1.29, 1.82) is 0 Å². The number of carbonyl (C=O) groups is 2. The van der Waals surface area contributed by atoms with Crippen LogP contribution in [-0.2, 0) is 11.3 Å². The molecule has 114 valence electrons. The second-order valence-corrected chi connectivity index (χ2v) is 5.14. The Labute approximate surface area is 130 Å². The highest BCUT2D eigenvalue weighted by molar-refractivity contribution is 5.94. The Hall–Kier alpha value is -2.62. The zero-order valence-corrected chi connectivity index (χ0v) is 12.8. The van der Waals surface area contributed by atoms with E-state index in [1.54, 1.807) is 24.3 Å². The molecule has 0 heterocycles. The molecule has 2 rings (SSSR count). The van der Waals surface area contributed by atoms with Gasteiger partial charge in [0, 0.05) is 12.1 Å². The van der Waals surface area contributed by atoms with Crippen LogP contribution in [0.3, 0.4) is 0 Å². The predicted molar refractivity (Wildman–Crippen MR) is 85.0 cm³/mol. The minimum atomic E-state index is -0.183. The summed E-state index contributed by atoms with van der Waals surface area (Å²) in [6, 6.07) is 14.7. The molecule has 22 heavy (non-hydrogen) atoms. The van der Waals surface area contributed by atoms with Crippen molar-refractivity contribution in [3.05, 3.63) is 65.2 Å². The van der Waals surface area contributed by atoms with Crippen molar-refractivity contribution < 1.29 is 14.3 Å². The fraction of sp³-hybridized carbons (Fsp3) is 0.222. The Kier molecular flexibility index (Phi) is 5.31. The molecular formula is C18H19NO3. The van der Waals surface area contributed by atoms with Crippen molar-refractivity contribution in [2.75, 3.05) is 6.61 Å². The van der Waals surface area contributed by atoms with E-state index in [1.165, 1.54) is 6.92 Å². The Morgan fingerprint density at radius 1 is 1.09 bits per heavy atom. The van der Waals surface area contributed by atoms with Gasteiger partial charge >= 0.3 is 0 Å². The zero-order valence-electron chi connectivity index (χ0n) is 12.8. The van der Waals surface area contributed by atoms with Crippen LogP contribution in [0.1, 0.15) is 28.4 Å².